The van der Waals surface area contributed by atoms with Crippen LogP contribution in [0.1, 0.15) is 92.7 Å². The average Bonchev–Trinajstić information content (AvgIpc) is 4.02. The van der Waals surface area contributed by atoms with Crippen LogP contribution >= 0.6 is 0 Å². The van der Waals surface area contributed by atoms with Gasteiger partial charge < -0.3 is 0 Å². The Morgan fingerprint density at radius 2 is 1.25 bits per heavy atom. The Bertz CT molecular complexity index is 4110. The topological polar surface area (TPSA) is 36.9 Å². The molecule has 3 heterocycles. The summed E-state index contributed by atoms with van der Waals surface area (Å²) in [7, 11) is 0. The van der Waals surface area contributed by atoms with Crippen molar-refractivity contribution in [1.82, 2.24) is 18.7 Å². The Balaban J connectivity index is 1.11. The van der Waals surface area contributed by atoms with Crippen molar-refractivity contribution in [2.75, 3.05) is 0 Å². The van der Waals surface area contributed by atoms with E-state index in [1.807, 2.05) is 63.9 Å². The fourth-order valence-electron chi connectivity index (χ4n) is 10.2. The number of pyridine rings is 1. The van der Waals surface area contributed by atoms with Crippen LogP contribution in [0, 0.1) is 21.4 Å². The molecule has 3 aromatic heterocycles. The molecule has 11 rings (SSSR count). The maximum absolute atomic E-state index is 9.12. The summed E-state index contributed by atoms with van der Waals surface area (Å²) >= 11 is 2.16. The summed E-state index contributed by atoms with van der Waals surface area (Å²) in [6.07, 6.45) is 1.87. The van der Waals surface area contributed by atoms with Crippen molar-refractivity contribution >= 4 is 32.8 Å². The Morgan fingerprint density at radius 3 is 1.91 bits per heavy atom. The second-order valence-corrected chi connectivity index (χ2v) is 21.0. The minimum absolute atomic E-state index is 0.0778. The minimum atomic E-state index is -0.563. The first-order valence-electron chi connectivity index (χ1n) is 27.4. The molecule has 5 nitrogen and oxygen atoms in total. The number of nitrogens with zero attached hydrogens (tertiary/aromatic N) is 4. The van der Waals surface area contributed by atoms with Crippen LogP contribution in [0.3, 0.4) is 0 Å². The molecule has 0 atom stereocenters. The van der Waals surface area contributed by atoms with Crippen molar-refractivity contribution in [3.8, 4) is 50.9 Å². The Kier molecular flexibility index (Phi) is 7.64. The van der Waals surface area contributed by atoms with E-state index in [1.165, 1.54) is 16.5 Å². The third kappa shape index (κ3) is 6.60. The molecule has 0 aliphatic heterocycles. The van der Waals surface area contributed by atoms with E-state index < -0.39 is 60.4 Å². The molecule has 67 heavy (non-hydrogen) atoms. The van der Waals surface area contributed by atoms with Gasteiger partial charge in [0.25, 0.3) is 0 Å². The third-order valence-electron chi connectivity index (χ3n) is 14.8. The monoisotopic (exact) mass is 1060 g/mol. The van der Waals surface area contributed by atoms with Gasteiger partial charge in [-0.25, -0.2) is 0 Å². The summed E-state index contributed by atoms with van der Waals surface area (Å²) in [6, 6.07) is 32.8. The van der Waals surface area contributed by atoms with E-state index in [4.69, 9.17) is 23.4 Å². The van der Waals surface area contributed by atoms with Gasteiger partial charge in [-0.15, -0.1) is 0 Å². The van der Waals surface area contributed by atoms with Crippen LogP contribution in [-0.2, 0) is 35.6 Å². The van der Waals surface area contributed by atoms with Crippen LogP contribution in [0.2, 0.25) is 0 Å². The molecule has 0 saturated heterocycles. The zero-order valence-corrected chi connectivity index (χ0v) is 41.1. The van der Waals surface area contributed by atoms with Crippen molar-refractivity contribution in [3.63, 3.8) is 0 Å². The summed E-state index contributed by atoms with van der Waals surface area (Å²) < 4.78 is 101. The summed E-state index contributed by atoms with van der Waals surface area (Å²) in [5, 5.41) is 2.21. The molecule has 0 radical (unpaired) electrons. The second kappa shape index (κ2) is 15.5. The number of hydrogen-bond donors (Lipinski definition) is 0. The molecule has 1 aliphatic rings. The summed E-state index contributed by atoms with van der Waals surface area (Å²) in [5.41, 5.74) is 7.35. The van der Waals surface area contributed by atoms with E-state index in [9.17, 15) is 0 Å². The van der Waals surface area contributed by atoms with Crippen molar-refractivity contribution in [2.45, 2.75) is 78.6 Å². The van der Waals surface area contributed by atoms with E-state index >= 15 is 0 Å². The molecule has 0 amide bonds. The fraction of sp³-hybridized carbons (Fsp3) is 0.213. The summed E-state index contributed by atoms with van der Waals surface area (Å²) in [5.74, 6) is 1.62. The number of imidazole rings is 1. The predicted molar refractivity (Wildman–Crippen MR) is 272 cm³/mol. The van der Waals surface area contributed by atoms with E-state index in [0.29, 0.717) is 32.0 Å². The number of benzene rings is 7. The van der Waals surface area contributed by atoms with E-state index in [1.54, 1.807) is 18.2 Å². The molecule has 0 unspecified atom stereocenters. The van der Waals surface area contributed by atoms with Crippen molar-refractivity contribution in [1.29, 1.82) is 0 Å². The number of ether oxygens (including phenoxy) is 1. The van der Waals surface area contributed by atoms with E-state index in [-0.39, 0.29) is 49.6 Å². The van der Waals surface area contributed by atoms with Crippen LogP contribution in [-0.4, -0.2) is 18.7 Å². The van der Waals surface area contributed by atoms with Gasteiger partial charge in [-0.2, -0.15) is 0 Å². The molecule has 0 fully saturated rings. The number of rotatable bonds is 7. The van der Waals surface area contributed by atoms with Gasteiger partial charge in [0.1, 0.15) is 0 Å². The van der Waals surface area contributed by atoms with Gasteiger partial charge in [0, 0.05) is 6.20 Å². The Morgan fingerprint density at radius 1 is 0.627 bits per heavy atom. The normalized spacial score (nSPS) is 17.2. The van der Waals surface area contributed by atoms with Gasteiger partial charge in [0.05, 0.1) is 0 Å². The van der Waals surface area contributed by atoms with Crippen LogP contribution in [0.25, 0.3) is 72.3 Å². The first-order chi connectivity index (χ1) is 36.2. The number of hydrogen-bond acceptors (Lipinski definition) is 2. The first-order valence-corrected chi connectivity index (χ1v) is 23.5. The second-order valence-electron chi connectivity index (χ2n) is 19.9. The molecule has 10 aromatic rings. The zero-order valence-electron chi connectivity index (χ0n) is 48.8. The molecule has 0 bridgehead atoms. The molecule has 336 valence electrons. The standard InChI is InChI=1S/C61H54N4O.Pt/c1-58(2,3)42-34-35-62-54(36-42)65-52-33-32-49-56(60(6,7)61(8,9)59(49,4)5)55(52)48-31-30-45(38-53(48)65)66-44-25-18-24-43(37-44)63-39-64(51-29-17-16-28-50(51)63)57-46(40-20-12-10-13-21-40)26-19-27-47(57)41-22-14-11-15-23-41;/h10-36H,1-9H3;/q-2;/i10D,11D,12D,13D,14D,15D,20D,21D,22D,23D;. The Hall–Kier alpha value is -6.55. The van der Waals surface area contributed by atoms with Crippen LogP contribution < -0.4 is 4.74 Å². The number of para-hydroxylation sites is 3. The van der Waals surface area contributed by atoms with Gasteiger partial charge >= 0.3 is 307 Å². The quantitative estimate of drug-likeness (QED) is 0.149. The molecule has 0 spiro atoms. The van der Waals surface area contributed by atoms with E-state index in [2.05, 4.69) is 129 Å². The summed E-state index contributed by atoms with van der Waals surface area (Å²) in [4.78, 5) is 4.99. The van der Waals surface area contributed by atoms with Crippen molar-refractivity contribution in [2.24, 2.45) is 5.41 Å². The van der Waals surface area contributed by atoms with Crippen LogP contribution in [0.4, 0.5) is 0 Å². The molecule has 6 heteroatoms. The molecular formula is C61H54N4OPt-2. The van der Waals surface area contributed by atoms with Gasteiger partial charge in [-0.3, -0.25) is 0 Å². The average molecular weight is 1060 g/mol. The Labute approximate surface area is 418 Å². The zero-order chi connectivity index (χ0) is 55.3. The van der Waals surface area contributed by atoms with Gasteiger partial charge in [-0.05, 0) is 38.9 Å². The molecule has 1 aliphatic carbocycles. The molecule has 0 saturated carbocycles. The molecular weight excluding hydrogens is 1000 g/mol. The van der Waals surface area contributed by atoms with Gasteiger partial charge in [0.2, 0.25) is 0 Å². The maximum atomic E-state index is 9.12. The van der Waals surface area contributed by atoms with Crippen molar-refractivity contribution < 1.29 is 37.8 Å². The number of aromatic nitrogens is 4. The van der Waals surface area contributed by atoms with Gasteiger partial charge in [0.15, 0.2) is 0 Å². The third-order valence-corrected chi connectivity index (χ3v) is 15.8. The molecule has 0 N–H and O–H groups in total. The summed E-state index contributed by atoms with van der Waals surface area (Å²) in [6.45, 7) is 20.8. The van der Waals surface area contributed by atoms with Crippen LogP contribution in [0.15, 0.2) is 164 Å². The molecule has 7 aromatic carbocycles. The van der Waals surface area contributed by atoms with E-state index in [0.717, 1.165) is 27.8 Å². The van der Waals surface area contributed by atoms with Gasteiger partial charge in [-0.1, -0.05) is 68.4 Å². The fourth-order valence-corrected chi connectivity index (χ4v) is 11.2. The predicted octanol–water partition coefficient (Wildman–Crippen LogP) is 15.6. The van der Waals surface area contributed by atoms with Crippen molar-refractivity contribution in [3.05, 3.63) is 196 Å². The number of fused-ring (bicyclic) bond motifs is 6. The van der Waals surface area contributed by atoms with Crippen LogP contribution in [0.5, 0.6) is 11.5 Å². The SMILES string of the molecule is [2H]c1c([2H])c([2H])c(-c2cccc(-c3c([2H])c([2H])c([2H])c([2H])c3[2H])c2-n2[c](=[Pt])n(-c3[c-]c(Oc4[c-]c5c(cc4)c4c6c(ccc4n5-c4cc(C(C)(C)C)ccn4)C(C)(C)C(C)(C)C6(C)C)ccc3)c3ccccc32)c([2H])c1[2H]. The first kappa shape index (κ1) is 33.0.